The highest BCUT2D eigenvalue weighted by Crippen LogP contribution is 2.24. The van der Waals surface area contributed by atoms with E-state index < -0.39 is 23.7 Å². The van der Waals surface area contributed by atoms with Gasteiger partial charge in [-0.2, -0.15) is 0 Å². The molecule has 1 aromatic rings. The van der Waals surface area contributed by atoms with Gasteiger partial charge in [-0.3, -0.25) is 0 Å². The largest absolute Gasteiger partial charge is 0.479 e. The third-order valence-corrected chi connectivity index (χ3v) is 2.93. The Bertz CT molecular complexity index is 535. The van der Waals surface area contributed by atoms with E-state index in [2.05, 4.69) is 5.32 Å². The summed E-state index contributed by atoms with van der Waals surface area (Å²) in [7, 11) is 0. The second kappa shape index (κ2) is 6.16. The van der Waals surface area contributed by atoms with Crippen LogP contribution in [0.3, 0.4) is 0 Å². The van der Waals surface area contributed by atoms with Crippen LogP contribution in [0.1, 0.15) is 49.1 Å². The summed E-state index contributed by atoms with van der Waals surface area (Å²) < 4.78 is 5.13. The van der Waals surface area contributed by atoms with Crippen molar-refractivity contribution in [2.75, 3.05) is 0 Å². The molecule has 0 aromatic heterocycles. The number of carbonyl (C=O) groups excluding carboxylic acids is 1. The predicted molar refractivity (Wildman–Crippen MR) is 80.4 cm³/mol. The lowest BCUT2D eigenvalue weighted by Crippen LogP contribution is -2.38. The van der Waals surface area contributed by atoms with Crippen LogP contribution in [0, 0.1) is 20.8 Å². The van der Waals surface area contributed by atoms with Gasteiger partial charge in [0.15, 0.2) is 6.04 Å². The van der Waals surface area contributed by atoms with Crippen LogP contribution in [0.2, 0.25) is 0 Å². The first-order chi connectivity index (χ1) is 9.51. The molecule has 0 aliphatic heterocycles. The van der Waals surface area contributed by atoms with E-state index in [0.29, 0.717) is 5.56 Å². The van der Waals surface area contributed by atoms with Crippen molar-refractivity contribution in [3.8, 4) is 0 Å². The van der Waals surface area contributed by atoms with Crippen molar-refractivity contribution < 1.29 is 19.4 Å². The molecule has 0 aliphatic rings. The fourth-order valence-electron chi connectivity index (χ4n) is 2.33. The van der Waals surface area contributed by atoms with Gasteiger partial charge in [-0.1, -0.05) is 17.7 Å². The first-order valence-corrected chi connectivity index (χ1v) is 6.81. The van der Waals surface area contributed by atoms with Crippen LogP contribution in [0.25, 0.3) is 0 Å². The summed E-state index contributed by atoms with van der Waals surface area (Å²) in [6, 6.07) is 2.67. The van der Waals surface area contributed by atoms with Crippen LogP contribution in [-0.4, -0.2) is 22.8 Å². The molecule has 0 saturated carbocycles. The van der Waals surface area contributed by atoms with Crippen LogP contribution in [0.5, 0.6) is 0 Å². The summed E-state index contributed by atoms with van der Waals surface area (Å²) in [6.07, 6.45) is -0.741. The lowest BCUT2D eigenvalue weighted by Gasteiger charge is -2.24. The van der Waals surface area contributed by atoms with Gasteiger partial charge in [-0.25, -0.2) is 9.59 Å². The maximum atomic E-state index is 11.8. The van der Waals surface area contributed by atoms with Gasteiger partial charge in [0.25, 0.3) is 0 Å². The minimum absolute atomic E-state index is 0.596. The number of aryl methyl sites for hydroxylation is 3. The van der Waals surface area contributed by atoms with E-state index in [1.807, 2.05) is 32.9 Å². The molecule has 2 N–H and O–H groups in total. The maximum Gasteiger partial charge on any atom is 0.408 e. The number of benzene rings is 1. The molecule has 0 aliphatic carbocycles. The smallest absolute Gasteiger partial charge is 0.408 e. The molecule has 0 heterocycles. The zero-order valence-electron chi connectivity index (χ0n) is 13.4. The fraction of sp³-hybridized carbons (Fsp3) is 0.500. The minimum Gasteiger partial charge on any atom is -0.479 e. The third-order valence-electron chi connectivity index (χ3n) is 2.93. The SMILES string of the molecule is Cc1cc(C)c(C(NC(=O)OC(C)(C)C)C(=O)O)c(C)c1. The van der Waals surface area contributed by atoms with E-state index >= 15 is 0 Å². The summed E-state index contributed by atoms with van der Waals surface area (Å²) >= 11 is 0. The molecular weight excluding hydrogens is 270 g/mol. The van der Waals surface area contributed by atoms with Crippen molar-refractivity contribution in [3.05, 3.63) is 34.4 Å². The molecule has 0 saturated heterocycles. The number of hydrogen-bond donors (Lipinski definition) is 2. The number of carboxylic acids is 1. The van der Waals surface area contributed by atoms with Crippen molar-refractivity contribution in [2.45, 2.75) is 53.2 Å². The van der Waals surface area contributed by atoms with Crippen LogP contribution in [-0.2, 0) is 9.53 Å². The molecule has 1 aromatic carbocycles. The molecule has 0 bridgehead atoms. The number of hydrogen-bond acceptors (Lipinski definition) is 3. The predicted octanol–water partition coefficient (Wildman–Crippen LogP) is 3.26. The standard InChI is InChI=1S/C16H23NO4/c1-9-7-10(2)12(11(3)8-9)13(14(18)19)17-15(20)21-16(4,5)6/h7-8,13H,1-6H3,(H,17,20)(H,18,19). The van der Waals surface area contributed by atoms with Crippen LogP contribution >= 0.6 is 0 Å². The number of nitrogens with one attached hydrogen (secondary N) is 1. The molecule has 0 fully saturated rings. The number of carboxylic acid groups (broad SMARTS) is 1. The molecule has 5 heteroatoms. The normalized spacial score (nSPS) is 12.7. The summed E-state index contributed by atoms with van der Waals surface area (Å²) in [5.74, 6) is -1.11. The van der Waals surface area contributed by atoms with Gasteiger partial charge in [0.2, 0.25) is 0 Å². The molecule has 21 heavy (non-hydrogen) atoms. The van der Waals surface area contributed by atoms with Gasteiger partial charge in [-0.15, -0.1) is 0 Å². The Balaban J connectivity index is 3.09. The number of aliphatic carboxylic acids is 1. The Morgan fingerprint density at radius 3 is 2.00 bits per heavy atom. The topological polar surface area (TPSA) is 75.6 Å². The molecule has 5 nitrogen and oxygen atoms in total. The highest BCUT2D eigenvalue weighted by molar-refractivity contribution is 5.82. The van der Waals surface area contributed by atoms with Gasteiger partial charge in [-0.05, 0) is 58.2 Å². The number of amides is 1. The lowest BCUT2D eigenvalue weighted by molar-refractivity contribution is -0.139. The van der Waals surface area contributed by atoms with E-state index in [-0.39, 0.29) is 0 Å². The van der Waals surface area contributed by atoms with Crippen LogP contribution < -0.4 is 5.32 Å². The Hall–Kier alpha value is -2.04. The quantitative estimate of drug-likeness (QED) is 0.897. The Kier molecular flexibility index (Phi) is 4.99. The second-order valence-electron chi connectivity index (χ2n) is 6.23. The monoisotopic (exact) mass is 293 g/mol. The molecule has 1 atom stereocenters. The first kappa shape index (κ1) is 17.0. The highest BCUT2D eigenvalue weighted by Gasteiger charge is 2.27. The highest BCUT2D eigenvalue weighted by atomic mass is 16.6. The number of rotatable bonds is 3. The molecular formula is C16H23NO4. The Morgan fingerprint density at radius 1 is 1.14 bits per heavy atom. The average Bonchev–Trinajstić information content (AvgIpc) is 2.23. The molecule has 1 amide bonds. The average molecular weight is 293 g/mol. The van der Waals surface area contributed by atoms with E-state index in [4.69, 9.17) is 4.74 Å². The first-order valence-electron chi connectivity index (χ1n) is 6.81. The van der Waals surface area contributed by atoms with Crippen molar-refractivity contribution in [2.24, 2.45) is 0 Å². The molecule has 1 unspecified atom stereocenters. The summed E-state index contributed by atoms with van der Waals surface area (Å²) in [5.41, 5.74) is 2.63. The van der Waals surface area contributed by atoms with Crippen molar-refractivity contribution >= 4 is 12.1 Å². The maximum absolute atomic E-state index is 11.8. The lowest BCUT2D eigenvalue weighted by atomic mass is 9.94. The molecule has 0 spiro atoms. The van der Waals surface area contributed by atoms with Gasteiger partial charge in [0.05, 0.1) is 0 Å². The molecule has 116 valence electrons. The number of carbonyl (C=O) groups is 2. The van der Waals surface area contributed by atoms with Gasteiger partial charge < -0.3 is 15.2 Å². The van der Waals surface area contributed by atoms with E-state index in [9.17, 15) is 14.7 Å². The van der Waals surface area contributed by atoms with Crippen LogP contribution in [0.4, 0.5) is 4.79 Å². The molecule has 0 radical (unpaired) electrons. The molecule has 1 rings (SSSR count). The third kappa shape index (κ3) is 4.77. The Morgan fingerprint density at radius 2 is 1.62 bits per heavy atom. The number of ether oxygens (including phenoxy) is 1. The second-order valence-corrected chi connectivity index (χ2v) is 6.23. The number of alkyl carbamates (subject to hydrolysis) is 1. The minimum atomic E-state index is -1.12. The summed E-state index contributed by atoms with van der Waals surface area (Å²) in [5, 5.41) is 11.9. The van der Waals surface area contributed by atoms with E-state index in [0.717, 1.165) is 16.7 Å². The van der Waals surface area contributed by atoms with Crippen molar-refractivity contribution in [1.82, 2.24) is 5.32 Å². The van der Waals surface area contributed by atoms with Crippen LogP contribution in [0.15, 0.2) is 12.1 Å². The zero-order chi connectivity index (χ0) is 16.4. The zero-order valence-corrected chi connectivity index (χ0v) is 13.4. The van der Waals surface area contributed by atoms with E-state index in [1.54, 1.807) is 20.8 Å². The van der Waals surface area contributed by atoms with Crippen molar-refractivity contribution in [1.29, 1.82) is 0 Å². The van der Waals surface area contributed by atoms with Crippen molar-refractivity contribution in [3.63, 3.8) is 0 Å². The van der Waals surface area contributed by atoms with Gasteiger partial charge in [0, 0.05) is 0 Å². The summed E-state index contributed by atoms with van der Waals surface area (Å²) in [6.45, 7) is 10.8. The van der Waals surface area contributed by atoms with Gasteiger partial charge >= 0.3 is 12.1 Å². The summed E-state index contributed by atoms with van der Waals surface area (Å²) in [4.78, 5) is 23.4. The van der Waals surface area contributed by atoms with E-state index in [1.165, 1.54) is 0 Å². The van der Waals surface area contributed by atoms with Gasteiger partial charge in [0.1, 0.15) is 5.60 Å². The fourth-order valence-corrected chi connectivity index (χ4v) is 2.33. The Labute approximate surface area is 125 Å².